The summed E-state index contributed by atoms with van der Waals surface area (Å²) in [5, 5.41) is 9.50. The maximum atomic E-state index is 13.3. The van der Waals surface area contributed by atoms with Crippen LogP contribution in [0.15, 0.2) is 119 Å². The number of hydrogen-bond acceptors (Lipinski definition) is 11. The zero-order chi connectivity index (χ0) is 49.3. The molecule has 5 aromatic rings. The molecule has 0 amide bonds. The lowest BCUT2D eigenvalue weighted by atomic mass is 9.99. The molecule has 2 aliphatic carbocycles. The summed E-state index contributed by atoms with van der Waals surface area (Å²) in [6.45, 7) is 10.4. The fourth-order valence-corrected chi connectivity index (χ4v) is 11.0. The van der Waals surface area contributed by atoms with Gasteiger partial charge < -0.3 is 24.1 Å². The average Bonchev–Trinajstić information content (AvgIpc) is 3.60. The molecule has 0 aromatic heterocycles. The van der Waals surface area contributed by atoms with Crippen molar-refractivity contribution in [3.05, 3.63) is 135 Å². The number of hydrogen-bond donors (Lipinski definition) is 3. The van der Waals surface area contributed by atoms with Crippen LogP contribution in [0.3, 0.4) is 0 Å². The smallest absolute Gasteiger partial charge is 0.344 e. The van der Waals surface area contributed by atoms with Gasteiger partial charge in [0, 0.05) is 15.7 Å². The number of fused-ring (bicyclic) bond motifs is 2. The number of rotatable bonds is 13. The van der Waals surface area contributed by atoms with Crippen molar-refractivity contribution in [2.75, 3.05) is 13.2 Å². The largest absolute Gasteiger partial charge is 0.508 e. The first-order valence-electron chi connectivity index (χ1n) is 22.7. The van der Waals surface area contributed by atoms with E-state index in [-0.39, 0.29) is 34.8 Å². The van der Waals surface area contributed by atoms with E-state index in [2.05, 4.69) is 32.0 Å². The standard InChI is InChI=1S/C29H33NO6S.C23H28INO5S/c1-29(2,3)36-28(32)19-35-27-10-6-8-24-25(27)7-4-5-9-26(24)30-37(33,34)23-17-13-21(14-18-23)20-11-15-22(31)16-12-20;1-23(2,3)30-22(26)15-29-21-10-6-8-18-19(21)7-4-5-9-20(18)25-31(27,28)17-13-11-16(24)12-14-17/h6,8,10-18,26,30-31H,4-5,7,9,19H2,1-3H3;6,8,10-14,20,25H,4-5,7,9,15H2,1-3H3. The minimum atomic E-state index is -3.79. The molecule has 16 heteroatoms. The molecule has 0 saturated carbocycles. The van der Waals surface area contributed by atoms with E-state index in [4.69, 9.17) is 18.9 Å². The van der Waals surface area contributed by atoms with Crippen LogP contribution in [0.25, 0.3) is 11.1 Å². The Morgan fingerprint density at radius 3 is 1.35 bits per heavy atom. The highest BCUT2D eigenvalue weighted by Gasteiger charge is 2.29. The second-order valence-electron chi connectivity index (χ2n) is 18.8. The van der Waals surface area contributed by atoms with Gasteiger partial charge in [-0.25, -0.2) is 35.9 Å². The number of sulfonamides is 2. The van der Waals surface area contributed by atoms with Crippen LogP contribution in [-0.2, 0) is 52.0 Å². The zero-order valence-electron chi connectivity index (χ0n) is 39.3. The van der Waals surface area contributed by atoms with Crippen LogP contribution in [-0.4, -0.2) is 58.3 Å². The molecule has 0 saturated heterocycles. The van der Waals surface area contributed by atoms with Crippen LogP contribution in [0.2, 0.25) is 0 Å². The Bertz CT molecular complexity index is 2750. The fraction of sp³-hybridized carbons (Fsp3) is 0.385. The van der Waals surface area contributed by atoms with Crippen LogP contribution in [0.1, 0.15) is 114 Å². The zero-order valence-corrected chi connectivity index (χ0v) is 43.1. The number of esters is 2. The summed E-state index contributed by atoms with van der Waals surface area (Å²) >= 11 is 2.15. The lowest BCUT2D eigenvalue weighted by Gasteiger charge is -2.22. The molecular formula is C52H61IN2O11S2. The molecule has 7 rings (SSSR count). The van der Waals surface area contributed by atoms with E-state index in [0.29, 0.717) is 24.3 Å². The first-order chi connectivity index (χ1) is 32.1. The van der Waals surface area contributed by atoms with E-state index in [1.807, 2.05) is 57.2 Å². The van der Waals surface area contributed by atoms with Crippen LogP contribution in [0.4, 0.5) is 0 Å². The van der Waals surface area contributed by atoms with Gasteiger partial charge in [0.05, 0.1) is 9.79 Å². The Labute approximate surface area is 414 Å². The summed E-state index contributed by atoms with van der Waals surface area (Å²) in [5.41, 5.74) is 4.18. The number of nitrogens with one attached hydrogen (secondary N) is 2. The first-order valence-corrected chi connectivity index (χ1v) is 26.7. The van der Waals surface area contributed by atoms with E-state index in [1.165, 1.54) is 0 Å². The van der Waals surface area contributed by atoms with Crippen LogP contribution in [0, 0.1) is 3.57 Å². The van der Waals surface area contributed by atoms with Gasteiger partial charge >= 0.3 is 11.9 Å². The third-order valence-electron chi connectivity index (χ3n) is 11.0. The summed E-state index contributed by atoms with van der Waals surface area (Å²) in [6.07, 6.45) is 6.41. The first kappa shape index (κ1) is 52.4. The summed E-state index contributed by atoms with van der Waals surface area (Å²) in [5.74, 6) is 0.465. The van der Waals surface area contributed by atoms with Crippen molar-refractivity contribution in [3.63, 3.8) is 0 Å². The average molecular weight is 1080 g/mol. The summed E-state index contributed by atoms with van der Waals surface area (Å²) in [4.78, 5) is 24.6. The van der Waals surface area contributed by atoms with Gasteiger partial charge in [-0.2, -0.15) is 0 Å². The summed E-state index contributed by atoms with van der Waals surface area (Å²) < 4.78 is 81.6. The molecule has 68 heavy (non-hydrogen) atoms. The number of phenolic OH excluding ortho intramolecular Hbond substituents is 1. The van der Waals surface area contributed by atoms with Gasteiger partial charge in [0.15, 0.2) is 13.2 Å². The molecule has 3 N–H and O–H groups in total. The quantitative estimate of drug-likeness (QED) is 0.0579. The molecule has 0 radical (unpaired) electrons. The van der Waals surface area contributed by atoms with Gasteiger partial charge in [-0.3, -0.25) is 0 Å². The molecule has 5 aromatic carbocycles. The number of carbonyl (C=O) groups excluding carboxylic acids is 2. The van der Waals surface area contributed by atoms with E-state index >= 15 is 0 Å². The van der Waals surface area contributed by atoms with Gasteiger partial charge in [-0.15, -0.1) is 0 Å². The van der Waals surface area contributed by atoms with Crippen molar-refractivity contribution < 1.29 is 50.5 Å². The molecule has 0 bridgehead atoms. The maximum absolute atomic E-state index is 13.3. The SMILES string of the molecule is CC(C)(C)OC(=O)COc1cccc2c1CCCCC2NS(=O)(=O)c1ccc(-c2ccc(O)cc2)cc1.CC(C)(C)OC(=O)COc1cccc2c1CCCCC2NS(=O)(=O)c1ccc(I)cc1. The number of phenols is 1. The van der Waals surface area contributed by atoms with E-state index < -0.39 is 49.2 Å². The predicted octanol–water partition coefficient (Wildman–Crippen LogP) is 10.3. The number of carbonyl (C=O) groups is 2. The molecule has 0 aliphatic heterocycles. The lowest BCUT2D eigenvalue weighted by molar-refractivity contribution is -0.158. The Kier molecular flexibility index (Phi) is 17.4. The summed E-state index contributed by atoms with van der Waals surface area (Å²) in [7, 11) is -7.45. The number of halogens is 1. The van der Waals surface area contributed by atoms with Gasteiger partial charge in [0.2, 0.25) is 20.0 Å². The lowest BCUT2D eigenvalue weighted by Crippen LogP contribution is -2.29. The van der Waals surface area contributed by atoms with Crippen molar-refractivity contribution >= 4 is 54.6 Å². The Morgan fingerprint density at radius 2 is 0.956 bits per heavy atom. The predicted molar refractivity (Wildman–Crippen MR) is 270 cm³/mol. The monoisotopic (exact) mass is 1080 g/mol. The normalized spacial score (nSPS) is 16.3. The third kappa shape index (κ3) is 15.0. The highest BCUT2D eigenvalue weighted by Crippen LogP contribution is 2.37. The van der Waals surface area contributed by atoms with Gasteiger partial charge in [-0.1, -0.05) is 61.4 Å². The Morgan fingerprint density at radius 1 is 0.574 bits per heavy atom. The number of ether oxygens (including phenoxy) is 4. The molecule has 2 unspecified atom stereocenters. The van der Waals surface area contributed by atoms with Gasteiger partial charge in [0.1, 0.15) is 28.5 Å². The van der Waals surface area contributed by atoms with E-state index in [0.717, 1.165) is 75.5 Å². The van der Waals surface area contributed by atoms with E-state index in [9.17, 15) is 31.5 Å². The number of benzene rings is 5. The molecule has 0 fully saturated rings. The minimum Gasteiger partial charge on any atom is -0.508 e. The number of aromatic hydroxyl groups is 1. The minimum absolute atomic E-state index is 0.175. The van der Waals surface area contributed by atoms with Crippen LogP contribution >= 0.6 is 22.6 Å². The third-order valence-corrected chi connectivity index (χ3v) is 14.7. The highest BCUT2D eigenvalue weighted by atomic mass is 127. The molecule has 0 spiro atoms. The molecule has 364 valence electrons. The van der Waals surface area contributed by atoms with Gasteiger partial charge in [-0.05, 0) is 197 Å². The van der Waals surface area contributed by atoms with Gasteiger partial charge in [0.25, 0.3) is 0 Å². The molecule has 2 atom stereocenters. The second kappa shape index (κ2) is 22.6. The molecule has 0 heterocycles. The van der Waals surface area contributed by atoms with Crippen LogP contribution < -0.4 is 18.9 Å². The van der Waals surface area contributed by atoms with Crippen LogP contribution in [0.5, 0.6) is 17.2 Å². The maximum Gasteiger partial charge on any atom is 0.344 e. The summed E-state index contributed by atoms with van der Waals surface area (Å²) in [6, 6.07) is 30.6. The topological polar surface area (TPSA) is 184 Å². The van der Waals surface area contributed by atoms with Crippen molar-refractivity contribution in [2.45, 2.75) is 126 Å². The molecular weight excluding hydrogens is 1020 g/mol. The van der Waals surface area contributed by atoms with Crippen molar-refractivity contribution in [1.29, 1.82) is 0 Å². The molecule has 2 aliphatic rings. The Balaban J connectivity index is 0.000000228. The van der Waals surface area contributed by atoms with E-state index in [1.54, 1.807) is 93.6 Å². The highest BCUT2D eigenvalue weighted by molar-refractivity contribution is 14.1. The molecule has 13 nitrogen and oxygen atoms in total. The second-order valence-corrected chi connectivity index (χ2v) is 23.4. The van der Waals surface area contributed by atoms with Crippen molar-refractivity contribution in [3.8, 4) is 28.4 Å². The van der Waals surface area contributed by atoms with Crippen molar-refractivity contribution in [1.82, 2.24) is 9.44 Å². The van der Waals surface area contributed by atoms with Crippen molar-refractivity contribution in [2.24, 2.45) is 0 Å². The fourth-order valence-electron chi connectivity index (χ4n) is 8.10. The Hall–Kier alpha value is -5.01.